The van der Waals surface area contributed by atoms with Crippen molar-refractivity contribution in [2.45, 2.75) is 25.7 Å². The van der Waals surface area contributed by atoms with Crippen LogP contribution in [0.3, 0.4) is 0 Å². The number of benzene rings is 2. The molecule has 0 unspecified atom stereocenters. The standard InChI is InChI=1S/C19H23N3O4S/c1-4-20-18(23)12-21-19(24)17-11-16(10-7-14(17)3)27(25,26)22-15-8-5-13(2)6-9-15/h5-11,22H,4,12H2,1-3H3,(H,20,23)(H,21,24). The molecule has 0 bridgehead atoms. The van der Waals surface area contributed by atoms with Crippen molar-refractivity contribution in [1.82, 2.24) is 10.6 Å². The summed E-state index contributed by atoms with van der Waals surface area (Å²) in [4.78, 5) is 23.8. The number of nitrogens with one attached hydrogen (secondary N) is 3. The van der Waals surface area contributed by atoms with Gasteiger partial charge in [0.05, 0.1) is 11.4 Å². The fourth-order valence-corrected chi connectivity index (χ4v) is 3.45. The molecule has 2 aromatic rings. The van der Waals surface area contributed by atoms with Gasteiger partial charge in [0.2, 0.25) is 5.91 Å². The second-order valence-electron chi connectivity index (χ2n) is 6.08. The van der Waals surface area contributed by atoms with Crippen molar-refractivity contribution in [3.8, 4) is 0 Å². The Morgan fingerprint density at radius 1 is 0.963 bits per heavy atom. The molecule has 0 heterocycles. The van der Waals surface area contributed by atoms with E-state index in [4.69, 9.17) is 0 Å². The van der Waals surface area contributed by atoms with Crippen molar-refractivity contribution in [2.24, 2.45) is 0 Å². The van der Waals surface area contributed by atoms with E-state index in [1.807, 2.05) is 6.92 Å². The van der Waals surface area contributed by atoms with Crippen LogP contribution in [0, 0.1) is 13.8 Å². The average molecular weight is 389 g/mol. The predicted octanol–water partition coefficient (Wildman–Crippen LogP) is 1.97. The normalized spacial score (nSPS) is 10.9. The number of hydrogen-bond donors (Lipinski definition) is 3. The summed E-state index contributed by atoms with van der Waals surface area (Å²) in [6, 6.07) is 11.2. The lowest BCUT2D eigenvalue weighted by molar-refractivity contribution is -0.120. The number of carbonyl (C=O) groups is 2. The van der Waals surface area contributed by atoms with Crippen LogP contribution in [0.2, 0.25) is 0 Å². The van der Waals surface area contributed by atoms with Gasteiger partial charge in [0.25, 0.3) is 15.9 Å². The van der Waals surface area contributed by atoms with Gasteiger partial charge >= 0.3 is 0 Å². The van der Waals surface area contributed by atoms with Gasteiger partial charge in [-0.3, -0.25) is 14.3 Å². The molecule has 0 atom stereocenters. The molecule has 0 saturated heterocycles. The Bertz CT molecular complexity index is 938. The van der Waals surface area contributed by atoms with Gasteiger partial charge in [0, 0.05) is 17.8 Å². The van der Waals surface area contributed by atoms with Gasteiger partial charge in [0.15, 0.2) is 0 Å². The zero-order chi connectivity index (χ0) is 20.0. The van der Waals surface area contributed by atoms with E-state index in [-0.39, 0.29) is 22.9 Å². The summed E-state index contributed by atoms with van der Waals surface area (Å²) in [6.07, 6.45) is 0. The summed E-state index contributed by atoms with van der Waals surface area (Å²) in [5, 5.41) is 5.07. The minimum absolute atomic E-state index is 0.0307. The Labute approximate surface area is 159 Å². The number of carbonyl (C=O) groups excluding carboxylic acids is 2. The van der Waals surface area contributed by atoms with E-state index in [1.165, 1.54) is 12.1 Å². The van der Waals surface area contributed by atoms with Crippen LogP contribution >= 0.6 is 0 Å². The van der Waals surface area contributed by atoms with Crippen LogP contribution in [0.15, 0.2) is 47.4 Å². The molecular weight excluding hydrogens is 366 g/mol. The molecule has 2 amide bonds. The third-order valence-electron chi connectivity index (χ3n) is 3.85. The van der Waals surface area contributed by atoms with Crippen LogP contribution in [-0.4, -0.2) is 33.3 Å². The first-order valence-corrected chi connectivity index (χ1v) is 9.96. The summed E-state index contributed by atoms with van der Waals surface area (Å²) >= 11 is 0. The third kappa shape index (κ3) is 5.55. The molecule has 0 aliphatic rings. The lowest BCUT2D eigenvalue weighted by Crippen LogP contribution is -2.37. The Balaban J connectivity index is 2.20. The number of amides is 2. The highest BCUT2D eigenvalue weighted by molar-refractivity contribution is 7.92. The number of likely N-dealkylation sites (N-methyl/N-ethyl adjacent to an activating group) is 1. The number of aryl methyl sites for hydroxylation is 2. The minimum atomic E-state index is -3.85. The van der Waals surface area contributed by atoms with Gasteiger partial charge in [-0.25, -0.2) is 8.42 Å². The molecule has 0 aliphatic heterocycles. The maximum atomic E-state index is 12.6. The van der Waals surface area contributed by atoms with Crippen LogP contribution in [0.1, 0.15) is 28.4 Å². The molecule has 7 nitrogen and oxygen atoms in total. The van der Waals surface area contributed by atoms with E-state index >= 15 is 0 Å². The molecule has 8 heteroatoms. The molecule has 2 rings (SSSR count). The van der Waals surface area contributed by atoms with Crippen LogP contribution in [0.5, 0.6) is 0 Å². The highest BCUT2D eigenvalue weighted by Gasteiger charge is 2.18. The fourth-order valence-electron chi connectivity index (χ4n) is 2.36. The summed E-state index contributed by atoms with van der Waals surface area (Å²) in [5.41, 5.74) is 2.26. The maximum absolute atomic E-state index is 12.6. The zero-order valence-electron chi connectivity index (χ0n) is 15.5. The second kappa shape index (κ2) is 8.68. The van der Waals surface area contributed by atoms with Crippen LogP contribution in [0.4, 0.5) is 5.69 Å². The molecule has 144 valence electrons. The van der Waals surface area contributed by atoms with Gasteiger partial charge in [-0.05, 0) is 50.6 Å². The number of rotatable bonds is 7. The molecule has 0 aromatic heterocycles. The molecule has 2 aromatic carbocycles. The minimum Gasteiger partial charge on any atom is -0.355 e. The summed E-state index contributed by atoms with van der Waals surface area (Å²) in [7, 11) is -3.85. The number of hydrogen-bond acceptors (Lipinski definition) is 4. The molecule has 0 saturated carbocycles. The van der Waals surface area contributed by atoms with E-state index in [0.29, 0.717) is 17.8 Å². The largest absolute Gasteiger partial charge is 0.355 e. The van der Waals surface area contributed by atoms with Gasteiger partial charge in [-0.2, -0.15) is 0 Å². The van der Waals surface area contributed by atoms with E-state index in [1.54, 1.807) is 44.2 Å². The highest BCUT2D eigenvalue weighted by atomic mass is 32.2. The molecule has 0 spiro atoms. The first-order valence-electron chi connectivity index (χ1n) is 8.48. The van der Waals surface area contributed by atoms with E-state index in [0.717, 1.165) is 5.56 Å². The number of sulfonamides is 1. The SMILES string of the molecule is CCNC(=O)CNC(=O)c1cc(S(=O)(=O)Nc2ccc(C)cc2)ccc1C. The Morgan fingerprint density at radius 2 is 1.63 bits per heavy atom. The van der Waals surface area contributed by atoms with Crippen LogP contribution in [0.25, 0.3) is 0 Å². The summed E-state index contributed by atoms with van der Waals surface area (Å²) in [5.74, 6) is -0.820. The highest BCUT2D eigenvalue weighted by Crippen LogP contribution is 2.19. The Kier molecular flexibility index (Phi) is 6.57. The van der Waals surface area contributed by atoms with Gasteiger partial charge in [-0.1, -0.05) is 23.8 Å². The first kappa shape index (κ1) is 20.4. The summed E-state index contributed by atoms with van der Waals surface area (Å²) in [6.45, 7) is 5.67. The van der Waals surface area contributed by atoms with Crippen molar-refractivity contribution in [1.29, 1.82) is 0 Å². The van der Waals surface area contributed by atoms with E-state index in [2.05, 4.69) is 15.4 Å². The average Bonchev–Trinajstić information content (AvgIpc) is 2.62. The van der Waals surface area contributed by atoms with Crippen molar-refractivity contribution < 1.29 is 18.0 Å². The molecule has 0 aliphatic carbocycles. The Morgan fingerprint density at radius 3 is 2.26 bits per heavy atom. The first-order chi connectivity index (χ1) is 12.7. The lowest BCUT2D eigenvalue weighted by atomic mass is 10.1. The summed E-state index contributed by atoms with van der Waals surface area (Å²) < 4.78 is 27.7. The van der Waals surface area contributed by atoms with Crippen LogP contribution in [-0.2, 0) is 14.8 Å². The zero-order valence-corrected chi connectivity index (χ0v) is 16.3. The van der Waals surface area contributed by atoms with E-state index in [9.17, 15) is 18.0 Å². The van der Waals surface area contributed by atoms with Crippen molar-refractivity contribution in [2.75, 3.05) is 17.8 Å². The Hall–Kier alpha value is -2.87. The van der Waals surface area contributed by atoms with Gasteiger partial charge < -0.3 is 10.6 Å². The van der Waals surface area contributed by atoms with Crippen LogP contribution < -0.4 is 15.4 Å². The van der Waals surface area contributed by atoms with Gasteiger partial charge in [0.1, 0.15) is 0 Å². The number of anilines is 1. The quantitative estimate of drug-likeness (QED) is 0.673. The van der Waals surface area contributed by atoms with Crippen molar-refractivity contribution in [3.05, 3.63) is 59.2 Å². The molecule has 0 radical (unpaired) electrons. The predicted molar refractivity (Wildman–Crippen MR) is 104 cm³/mol. The smallest absolute Gasteiger partial charge is 0.261 e. The third-order valence-corrected chi connectivity index (χ3v) is 5.23. The van der Waals surface area contributed by atoms with Crippen molar-refractivity contribution >= 4 is 27.5 Å². The molecule has 27 heavy (non-hydrogen) atoms. The maximum Gasteiger partial charge on any atom is 0.261 e. The van der Waals surface area contributed by atoms with Crippen molar-refractivity contribution in [3.63, 3.8) is 0 Å². The van der Waals surface area contributed by atoms with Gasteiger partial charge in [-0.15, -0.1) is 0 Å². The molecular formula is C19H23N3O4S. The fraction of sp³-hybridized carbons (Fsp3) is 0.263. The van der Waals surface area contributed by atoms with E-state index < -0.39 is 15.9 Å². The molecule has 3 N–H and O–H groups in total. The monoisotopic (exact) mass is 389 g/mol. The second-order valence-corrected chi connectivity index (χ2v) is 7.77. The topological polar surface area (TPSA) is 104 Å². The molecule has 0 fully saturated rings. The lowest BCUT2D eigenvalue weighted by Gasteiger charge is -2.12.